The lowest BCUT2D eigenvalue weighted by Gasteiger charge is -2.37. The highest BCUT2D eigenvalue weighted by Crippen LogP contribution is 2.35. The highest BCUT2D eigenvalue weighted by atomic mass is 79.9. The lowest BCUT2D eigenvalue weighted by atomic mass is 9.74. The van der Waals surface area contributed by atoms with Gasteiger partial charge in [-0.1, -0.05) is 26.7 Å². The standard InChI is InChI=1S/C14H24BrN3/c1-4-11-13(15)12(18(3)17-11)9-14(16)7-5-6-10(2)8-14/h10H,4-9,16H2,1-3H3. The molecule has 0 aliphatic heterocycles. The van der Waals surface area contributed by atoms with Gasteiger partial charge in [-0.25, -0.2) is 0 Å². The maximum atomic E-state index is 6.61. The van der Waals surface area contributed by atoms with Gasteiger partial charge in [-0.2, -0.15) is 5.10 Å². The second kappa shape index (κ2) is 5.33. The molecule has 1 aliphatic rings. The lowest BCUT2D eigenvalue weighted by Crippen LogP contribution is -2.46. The first-order valence-electron chi connectivity index (χ1n) is 6.94. The molecule has 2 unspecified atom stereocenters. The molecule has 102 valence electrons. The molecule has 0 saturated heterocycles. The Morgan fingerprint density at radius 3 is 2.83 bits per heavy atom. The second-order valence-electron chi connectivity index (χ2n) is 5.93. The number of aryl methyl sites for hydroxylation is 2. The third-order valence-corrected chi connectivity index (χ3v) is 5.06. The Balaban J connectivity index is 2.20. The van der Waals surface area contributed by atoms with Gasteiger partial charge in [-0.3, -0.25) is 4.68 Å². The Morgan fingerprint density at radius 2 is 2.28 bits per heavy atom. The van der Waals surface area contributed by atoms with E-state index in [1.54, 1.807) is 0 Å². The van der Waals surface area contributed by atoms with Crippen LogP contribution in [0.4, 0.5) is 0 Å². The molecular formula is C14H24BrN3. The molecule has 4 heteroatoms. The number of hydrogen-bond acceptors (Lipinski definition) is 2. The molecule has 1 aromatic heterocycles. The molecule has 1 saturated carbocycles. The molecule has 0 bridgehead atoms. The van der Waals surface area contributed by atoms with Crippen LogP contribution in [0.2, 0.25) is 0 Å². The summed E-state index contributed by atoms with van der Waals surface area (Å²) in [6, 6.07) is 0. The Kier molecular flexibility index (Phi) is 4.17. The highest BCUT2D eigenvalue weighted by molar-refractivity contribution is 9.10. The first kappa shape index (κ1) is 14.1. The number of hydrogen-bond donors (Lipinski definition) is 1. The van der Waals surface area contributed by atoms with E-state index in [9.17, 15) is 0 Å². The number of nitrogens with two attached hydrogens (primary N) is 1. The lowest BCUT2D eigenvalue weighted by molar-refractivity contribution is 0.232. The molecule has 1 heterocycles. The minimum absolute atomic E-state index is 0.0427. The van der Waals surface area contributed by atoms with Gasteiger partial charge in [0, 0.05) is 19.0 Å². The fourth-order valence-corrected chi connectivity index (χ4v) is 3.96. The molecule has 1 aromatic rings. The third kappa shape index (κ3) is 2.80. The van der Waals surface area contributed by atoms with E-state index in [2.05, 4.69) is 34.9 Å². The summed E-state index contributed by atoms with van der Waals surface area (Å²) in [5, 5.41) is 4.56. The van der Waals surface area contributed by atoms with Crippen LogP contribution in [0.5, 0.6) is 0 Å². The average molecular weight is 314 g/mol. The molecule has 1 fully saturated rings. The van der Waals surface area contributed by atoms with Crippen LogP contribution in [0.1, 0.15) is 50.9 Å². The van der Waals surface area contributed by atoms with Crippen molar-refractivity contribution in [2.45, 2.75) is 57.9 Å². The molecule has 0 aromatic carbocycles. The number of halogens is 1. The fourth-order valence-electron chi connectivity index (χ4n) is 3.21. The summed E-state index contributed by atoms with van der Waals surface area (Å²) in [5.74, 6) is 0.751. The summed E-state index contributed by atoms with van der Waals surface area (Å²) < 4.78 is 3.16. The summed E-state index contributed by atoms with van der Waals surface area (Å²) >= 11 is 3.69. The topological polar surface area (TPSA) is 43.8 Å². The minimum atomic E-state index is -0.0427. The summed E-state index contributed by atoms with van der Waals surface area (Å²) in [6.07, 6.45) is 6.74. The van der Waals surface area contributed by atoms with Crippen LogP contribution in [0, 0.1) is 5.92 Å². The van der Waals surface area contributed by atoms with Crippen molar-refractivity contribution in [3.05, 3.63) is 15.9 Å². The Bertz CT molecular complexity index is 427. The van der Waals surface area contributed by atoms with E-state index in [0.717, 1.165) is 41.8 Å². The van der Waals surface area contributed by atoms with E-state index in [0.29, 0.717) is 0 Å². The minimum Gasteiger partial charge on any atom is -0.325 e. The van der Waals surface area contributed by atoms with Gasteiger partial charge < -0.3 is 5.73 Å². The molecule has 18 heavy (non-hydrogen) atoms. The molecule has 0 amide bonds. The van der Waals surface area contributed by atoms with Crippen LogP contribution < -0.4 is 5.73 Å². The van der Waals surface area contributed by atoms with Crippen molar-refractivity contribution >= 4 is 15.9 Å². The monoisotopic (exact) mass is 313 g/mol. The zero-order valence-corrected chi connectivity index (χ0v) is 13.3. The third-order valence-electron chi connectivity index (χ3n) is 4.15. The van der Waals surface area contributed by atoms with Crippen molar-refractivity contribution in [2.75, 3.05) is 0 Å². The van der Waals surface area contributed by atoms with Crippen LogP contribution in [0.3, 0.4) is 0 Å². The van der Waals surface area contributed by atoms with Gasteiger partial charge in [0.1, 0.15) is 0 Å². The Labute approximate surface area is 118 Å². The SMILES string of the molecule is CCc1nn(C)c(CC2(N)CCCC(C)C2)c1Br. The Hall–Kier alpha value is -0.350. The predicted octanol–water partition coefficient (Wildman–Crippen LogP) is 3.20. The van der Waals surface area contributed by atoms with Crippen molar-refractivity contribution in [1.82, 2.24) is 9.78 Å². The molecule has 1 aliphatic carbocycles. The van der Waals surface area contributed by atoms with Crippen LogP contribution in [-0.2, 0) is 19.9 Å². The smallest absolute Gasteiger partial charge is 0.0766 e. The summed E-state index contributed by atoms with van der Waals surface area (Å²) in [6.45, 7) is 4.45. The van der Waals surface area contributed by atoms with E-state index in [1.165, 1.54) is 18.5 Å². The van der Waals surface area contributed by atoms with Crippen LogP contribution in [0.15, 0.2) is 4.47 Å². The van der Waals surface area contributed by atoms with Gasteiger partial charge in [0.05, 0.1) is 15.9 Å². The van der Waals surface area contributed by atoms with Crippen LogP contribution in [0.25, 0.3) is 0 Å². The normalized spacial score (nSPS) is 28.6. The zero-order valence-electron chi connectivity index (χ0n) is 11.7. The van der Waals surface area contributed by atoms with Crippen molar-refractivity contribution in [1.29, 1.82) is 0 Å². The predicted molar refractivity (Wildman–Crippen MR) is 78.5 cm³/mol. The first-order chi connectivity index (χ1) is 8.45. The summed E-state index contributed by atoms with van der Waals surface area (Å²) in [5.41, 5.74) is 8.96. The van der Waals surface area contributed by atoms with Gasteiger partial charge >= 0.3 is 0 Å². The van der Waals surface area contributed by atoms with Crippen molar-refractivity contribution in [3.8, 4) is 0 Å². The maximum Gasteiger partial charge on any atom is 0.0766 e. The van der Waals surface area contributed by atoms with Gasteiger partial charge in [0.25, 0.3) is 0 Å². The quantitative estimate of drug-likeness (QED) is 0.931. The average Bonchev–Trinajstić information content (AvgIpc) is 2.56. The zero-order chi connectivity index (χ0) is 13.3. The van der Waals surface area contributed by atoms with Gasteiger partial charge in [0.2, 0.25) is 0 Å². The van der Waals surface area contributed by atoms with E-state index in [4.69, 9.17) is 5.73 Å². The fraction of sp³-hybridized carbons (Fsp3) is 0.786. The van der Waals surface area contributed by atoms with Gasteiger partial charge in [0.15, 0.2) is 0 Å². The number of rotatable bonds is 3. The van der Waals surface area contributed by atoms with Gasteiger partial charge in [-0.15, -0.1) is 0 Å². The van der Waals surface area contributed by atoms with E-state index in [1.807, 2.05) is 11.7 Å². The second-order valence-corrected chi connectivity index (χ2v) is 6.72. The molecule has 0 spiro atoms. The first-order valence-corrected chi connectivity index (χ1v) is 7.73. The van der Waals surface area contributed by atoms with Crippen molar-refractivity contribution < 1.29 is 0 Å². The molecule has 2 rings (SSSR count). The molecular weight excluding hydrogens is 290 g/mol. The number of nitrogens with zero attached hydrogens (tertiary/aromatic N) is 2. The van der Waals surface area contributed by atoms with Crippen molar-refractivity contribution in [3.63, 3.8) is 0 Å². The highest BCUT2D eigenvalue weighted by Gasteiger charge is 2.33. The summed E-state index contributed by atoms with van der Waals surface area (Å²) in [7, 11) is 2.02. The molecule has 0 radical (unpaired) electrons. The van der Waals surface area contributed by atoms with Crippen molar-refractivity contribution in [2.24, 2.45) is 18.7 Å². The molecule has 2 N–H and O–H groups in total. The summed E-state index contributed by atoms with van der Waals surface area (Å²) in [4.78, 5) is 0. The Morgan fingerprint density at radius 1 is 1.56 bits per heavy atom. The van der Waals surface area contributed by atoms with Crippen LogP contribution >= 0.6 is 15.9 Å². The molecule has 2 atom stereocenters. The van der Waals surface area contributed by atoms with Gasteiger partial charge in [-0.05, 0) is 41.1 Å². The van der Waals surface area contributed by atoms with E-state index >= 15 is 0 Å². The number of aromatic nitrogens is 2. The largest absolute Gasteiger partial charge is 0.325 e. The molecule has 3 nitrogen and oxygen atoms in total. The van der Waals surface area contributed by atoms with E-state index in [-0.39, 0.29) is 5.54 Å². The van der Waals surface area contributed by atoms with E-state index < -0.39 is 0 Å². The maximum absolute atomic E-state index is 6.61. The van der Waals surface area contributed by atoms with Crippen LogP contribution in [-0.4, -0.2) is 15.3 Å².